The Balaban J connectivity index is 1.68. The summed E-state index contributed by atoms with van der Waals surface area (Å²) in [7, 11) is 0. The third kappa shape index (κ3) is 3.78. The van der Waals surface area contributed by atoms with Crippen LogP contribution >= 0.6 is 11.8 Å². The maximum Gasteiger partial charge on any atom is 0.150 e. The lowest BCUT2D eigenvalue weighted by atomic mass is 10.1. The fourth-order valence-electron chi connectivity index (χ4n) is 3.23. The van der Waals surface area contributed by atoms with Gasteiger partial charge in [-0.15, -0.1) is 0 Å². The molecule has 0 bridgehead atoms. The summed E-state index contributed by atoms with van der Waals surface area (Å²) in [6, 6.07) is 22.4. The van der Waals surface area contributed by atoms with E-state index >= 15 is 0 Å². The summed E-state index contributed by atoms with van der Waals surface area (Å²) in [5, 5.41) is 0. The number of hydrogen-bond acceptors (Lipinski definition) is 4. The number of rotatable bonds is 6. The molecule has 0 saturated heterocycles. The number of benzene rings is 3. The zero-order valence-corrected chi connectivity index (χ0v) is 16.9. The fourth-order valence-corrected chi connectivity index (χ4v) is 4.34. The first-order valence-electron chi connectivity index (χ1n) is 9.55. The minimum atomic E-state index is 0.634. The minimum Gasteiger partial charge on any atom is -0.494 e. The molecule has 1 heterocycles. The molecule has 28 heavy (non-hydrogen) atoms. The van der Waals surface area contributed by atoms with Crippen LogP contribution in [0.1, 0.15) is 30.6 Å². The van der Waals surface area contributed by atoms with Crippen LogP contribution in [0.25, 0.3) is 0 Å². The maximum absolute atomic E-state index is 11.2. The van der Waals surface area contributed by atoms with Crippen molar-refractivity contribution in [3.8, 4) is 5.75 Å². The first kappa shape index (κ1) is 18.6. The van der Waals surface area contributed by atoms with Crippen LogP contribution in [0, 0.1) is 5.92 Å². The molecule has 0 radical (unpaired) electrons. The number of carbonyl (C=O) groups is 1. The second-order valence-corrected chi connectivity index (χ2v) is 8.36. The van der Waals surface area contributed by atoms with Crippen molar-refractivity contribution in [2.24, 2.45) is 5.92 Å². The predicted molar refractivity (Wildman–Crippen MR) is 116 cm³/mol. The highest BCUT2D eigenvalue weighted by molar-refractivity contribution is 7.99. The van der Waals surface area contributed by atoms with Gasteiger partial charge in [-0.25, -0.2) is 0 Å². The summed E-state index contributed by atoms with van der Waals surface area (Å²) < 4.78 is 5.87. The van der Waals surface area contributed by atoms with Gasteiger partial charge in [0.25, 0.3) is 0 Å². The number of anilines is 3. The average molecular weight is 390 g/mol. The predicted octanol–water partition coefficient (Wildman–Crippen LogP) is 6.86. The summed E-state index contributed by atoms with van der Waals surface area (Å²) in [5.74, 6) is 1.52. The van der Waals surface area contributed by atoms with Crippen molar-refractivity contribution in [2.45, 2.75) is 30.1 Å². The summed E-state index contributed by atoms with van der Waals surface area (Å²) in [6.45, 7) is 5.13. The first-order valence-corrected chi connectivity index (χ1v) is 10.4. The highest BCUT2D eigenvalue weighted by Gasteiger charge is 2.24. The molecule has 3 aromatic rings. The molecule has 0 aliphatic carbocycles. The van der Waals surface area contributed by atoms with Crippen LogP contribution in [0.2, 0.25) is 0 Å². The highest BCUT2D eigenvalue weighted by atomic mass is 32.2. The monoisotopic (exact) mass is 389 g/mol. The van der Waals surface area contributed by atoms with E-state index in [0.717, 1.165) is 47.0 Å². The summed E-state index contributed by atoms with van der Waals surface area (Å²) >= 11 is 1.70. The molecule has 0 saturated carbocycles. The smallest absolute Gasteiger partial charge is 0.150 e. The van der Waals surface area contributed by atoms with E-state index in [1.807, 2.05) is 36.4 Å². The Hall–Kier alpha value is -2.72. The van der Waals surface area contributed by atoms with Gasteiger partial charge in [-0.2, -0.15) is 0 Å². The molecule has 0 atom stereocenters. The number of carbonyl (C=O) groups excluding carboxylic acids is 1. The molecular formula is C24H23NO2S. The first-order chi connectivity index (χ1) is 13.7. The number of nitrogens with zero attached hydrogens (tertiary/aromatic N) is 1. The van der Waals surface area contributed by atoms with Crippen LogP contribution < -0.4 is 9.64 Å². The van der Waals surface area contributed by atoms with Crippen molar-refractivity contribution >= 4 is 35.1 Å². The molecule has 0 unspecified atom stereocenters. The van der Waals surface area contributed by atoms with Crippen LogP contribution in [-0.2, 0) is 0 Å². The molecule has 142 valence electrons. The largest absolute Gasteiger partial charge is 0.494 e. The van der Waals surface area contributed by atoms with E-state index in [0.29, 0.717) is 11.5 Å². The van der Waals surface area contributed by atoms with Crippen molar-refractivity contribution in [3.63, 3.8) is 0 Å². The molecule has 4 heteroatoms. The molecule has 0 spiro atoms. The van der Waals surface area contributed by atoms with E-state index in [4.69, 9.17) is 4.74 Å². The molecule has 3 aromatic carbocycles. The van der Waals surface area contributed by atoms with Crippen LogP contribution in [0.5, 0.6) is 5.75 Å². The SMILES string of the molecule is CC(C)CCOc1ccc(N2c3ccccc3Sc3cc(C=O)ccc32)cc1. The van der Waals surface area contributed by atoms with Crippen molar-refractivity contribution in [1.29, 1.82) is 0 Å². The highest BCUT2D eigenvalue weighted by Crippen LogP contribution is 2.51. The van der Waals surface area contributed by atoms with Gasteiger partial charge >= 0.3 is 0 Å². The Morgan fingerprint density at radius 1 is 0.964 bits per heavy atom. The topological polar surface area (TPSA) is 29.5 Å². The van der Waals surface area contributed by atoms with E-state index in [1.165, 1.54) is 4.90 Å². The summed E-state index contributed by atoms with van der Waals surface area (Å²) in [5.41, 5.74) is 4.00. The third-order valence-electron chi connectivity index (χ3n) is 4.75. The van der Waals surface area contributed by atoms with E-state index in [2.05, 4.69) is 49.1 Å². The number of hydrogen-bond donors (Lipinski definition) is 0. The lowest BCUT2D eigenvalue weighted by molar-refractivity contribution is 0.112. The fraction of sp³-hybridized carbons (Fsp3) is 0.208. The second kappa shape index (κ2) is 8.11. The summed E-state index contributed by atoms with van der Waals surface area (Å²) in [6.07, 6.45) is 1.94. The van der Waals surface area contributed by atoms with Crippen LogP contribution in [0.4, 0.5) is 17.1 Å². The Labute approximate surface area is 170 Å². The molecule has 1 aliphatic heterocycles. The van der Waals surface area contributed by atoms with Gasteiger partial charge in [0.1, 0.15) is 12.0 Å². The van der Waals surface area contributed by atoms with Gasteiger partial charge in [-0.1, -0.05) is 37.7 Å². The van der Waals surface area contributed by atoms with E-state index in [-0.39, 0.29) is 0 Å². The number of para-hydroxylation sites is 1. The van der Waals surface area contributed by atoms with Crippen LogP contribution in [0.3, 0.4) is 0 Å². The van der Waals surface area contributed by atoms with Gasteiger partial charge in [0, 0.05) is 21.0 Å². The zero-order valence-electron chi connectivity index (χ0n) is 16.1. The molecule has 1 aliphatic rings. The van der Waals surface area contributed by atoms with Crippen LogP contribution in [-0.4, -0.2) is 12.9 Å². The van der Waals surface area contributed by atoms with Gasteiger partial charge < -0.3 is 9.64 Å². The van der Waals surface area contributed by atoms with Gasteiger partial charge in [0.2, 0.25) is 0 Å². The molecule has 3 nitrogen and oxygen atoms in total. The number of ether oxygens (including phenoxy) is 1. The van der Waals surface area contributed by atoms with Gasteiger partial charge in [-0.3, -0.25) is 4.79 Å². The quantitative estimate of drug-likeness (QED) is 0.337. The molecule has 0 N–H and O–H groups in total. The zero-order chi connectivity index (χ0) is 19.5. The van der Waals surface area contributed by atoms with Gasteiger partial charge in [0.15, 0.2) is 0 Å². The van der Waals surface area contributed by atoms with E-state index in [1.54, 1.807) is 11.8 Å². The molecule has 0 aromatic heterocycles. The normalized spacial score (nSPS) is 12.5. The molecule has 4 rings (SSSR count). The molecule has 0 amide bonds. The average Bonchev–Trinajstić information content (AvgIpc) is 2.72. The maximum atomic E-state index is 11.2. The van der Waals surface area contributed by atoms with Crippen molar-refractivity contribution in [2.75, 3.05) is 11.5 Å². The van der Waals surface area contributed by atoms with E-state index < -0.39 is 0 Å². The Bertz CT molecular complexity index is 982. The third-order valence-corrected chi connectivity index (χ3v) is 5.86. The summed E-state index contributed by atoms with van der Waals surface area (Å²) in [4.78, 5) is 15.7. The lowest BCUT2D eigenvalue weighted by Crippen LogP contribution is -2.15. The van der Waals surface area contributed by atoms with Crippen molar-refractivity contribution in [3.05, 3.63) is 72.3 Å². The van der Waals surface area contributed by atoms with Gasteiger partial charge in [0.05, 0.1) is 18.0 Å². The molecular weight excluding hydrogens is 366 g/mol. The Kier molecular flexibility index (Phi) is 5.40. The molecule has 0 fully saturated rings. The lowest BCUT2D eigenvalue weighted by Gasteiger charge is -2.33. The van der Waals surface area contributed by atoms with Gasteiger partial charge in [-0.05, 0) is 66.9 Å². The Morgan fingerprint density at radius 2 is 1.71 bits per heavy atom. The second-order valence-electron chi connectivity index (χ2n) is 7.28. The Morgan fingerprint density at radius 3 is 2.46 bits per heavy atom. The van der Waals surface area contributed by atoms with E-state index in [9.17, 15) is 4.79 Å². The number of fused-ring (bicyclic) bond motifs is 2. The minimum absolute atomic E-state index is 0.634. The van der Waals surface area contributed by atoms with Crippen molar-refractivity contribution < 1.29 is 9.53 Å². The number of aldehydes is 1. The van der Waals surface area contributed by atoms with Crippen molar-refractivity contribution in [1.82, 2.24) is 0 Å². The van der Waals surface area contributed by atoms with Crippen LogP contribution in [0.15, 0.2) is 76.5 Å². The standard InChI is InChI=1S/C24H23NO2S/c1-17(2)13-14-27-20-10-8-19(9-11-20)25-21-5-3-4-6-23(21)28-24-15-18(16-26)7-12-22(24)25/h3-12,15-17H,13-14H2,1-2H3.